The molecule has 0 aliphatic heterocycles. The van der Waals surface area contributed by atoms with E-state index in [0.717, 1.165) is 11.3 Å². The highest BCUT2D eigenvalue weighted by Crippen LogP contribution is 2.25. The molecular weight excluding hydrogens is 256 g/mol. The molecule has 20 heavy (non-hydrogen) atoms. The second kappa shape index (κ2) is 5.73. The molecule has 6 nitrogen and oxygen atoms in total. The van der Waals surface area contributed by atoms with E-state index in [4.69, 9.17) is 0 Å². The Hall–Kier alpha value is -2.37. The predicted octanol–water partition coefficient (Wildman–Crippen LogP) is 3.06. The summed E-state index contributed by atoms with van der Waals surface area (Å²) in [7, 11) is 1.88. The molecule has 6 heteroatoms. The molecule has 0 saturated heterocycles. The highest BCUT2D eigenvalue weighted by atomic mass is 16.6. The number of aromatic nitrogens is 2. The summed E-state index contributed by atoms with van der Waals surface area (Å²) in [5.74, 6) is 0.318. The Bertz CT molecular complexity index is 619. The first kappa shape index (κ1) is 14.0. The minimum atomic E-state index is -0.380. The molecule has 1 heterocycles. The molecule has 0 amide bonds. The Balaban J connectivity index is 2.19. The van der Waals surface area contributed by atoms with Gasteiger partial charge in [0.1, 0.15) is 5.69 Å². The van der Waals surface area contributed by atoms with Crippen molar-refractivity contribution in [3.05, 3.63) is 51.8 Å². The molecule has 0 radical (unpaired) electrons. The summed E-state index contributed by atoms with van der Waals surface area (Å²) in [6.07, 6.45) is 1.94. The van der Waals surface area contributed by atoms with Crippen LogP contribution < -0.4 is 5.32 Å². The number of nitro groups is 1. The topological polar surface area (TPSA) is 73.0 Å². The van der Waals surface area contributed by atoms with Gasteiger partial charge in [-0.25, -0.2) is 0 Å². The lowest BCUT2D eigenvalue weighted by atomic mass is 10.1. The van der Waals surface area contributed by atoms with Crippen LogP contribution >= 0.6 is 0 Å². The lowest BCUT2D eigenvalue weighted by Crippen LogP contribution is -2.04. The molecule has 2 aromatic rings. The van der Waals surface area contributed by atoms with E-state index in [1.807, 2.05) is 13.2 Å². The zero-order valence-corrected chi connectivity index (χ0v) is 11.8. The molecule has 1 N–H and O–H groups in total. The van der Waals surface area contributed by atoms with Crippen LogP contribution in [0.1, 0.15) is 31.0 Å². The second-order valence-electron chi connectivity index (χ2n) is 5.00. The fourth-order valence-electron chi connectivity index (χ4n) is 2.15. The Morgan fingerprint density at radius 3 is 2.75 bits per heavy atom. The Morgan fingerprint density at radius 1 is 1.40 bits per heavy atom. The van der Waals surface area contributed by atoms with Gasteiger partial charge in [0.25, 0.3) is 5.69 Å². The third-order valence-corrected chi connectivity index (χ3v) is 3.05. The van der Waals surface area contributed by atoms with Crippen LogP contribution in [0.25, 0.3) is 0 Å². The normalized spacial score (nSPS) is 10.8. The summed E-state index contributed by atoms with van der Waals surface area (Å²) in [5, 5.41) is 18.5. The molecule has 1 aromatic heterocycles. The first-order chi connectivity index (χ1) is 9.49. The summed E-state index contributed by atoms with van der Waals surface area (Å²) in [5.41, 5.74) is 2.68. The quantitative estimate of drug-likeness (QED) is 0.671. The van der Waals surface area contributed by atoms with E-state index in [1.165, 1.54) is 6.07 Å². The van der Waals surface area contributed by atoms with Gasteiger partial charge in [0, 0.05) is 31.4 Å². The van der Waals surface area contributed by atoms with Gasteiger partial charge in [-0.1, -0.05) is 26.0 Å². The van der Waals surface area contributed by atoms with Gasteiger partial charge in [0.2, 0.25) is 0 Å². The Kier molecular flexibility index (Phi) is 4.02. The second-order valence-corrected chi connectivity index (χ2v) is 5.00. The van der Waals surface area contributed by atoms with Crippen LogP contribution in [0, 0.1) is 10.1 Å². The maximum atomic E-state index is 11.0. The van der Waals surface area contributed by atoms with Crippen LogP contribution in [0.2, 0.25) is 0 Å². The third kappa shape index (κ3) is 2.96. The molecule has 0 bridgehead atoms. The van der Waals surface area contributed by atoms with Gasteiger partial charge in [-0.15, -0.1) is 0 Å². The Morgan fingerprint density at radius 2 is 2.10 bits per heavy atom. The standard InChI is InChI=1S/C14H18N4O2/c1-10(2)14-11(9-17(3)16-14)8-15-12-6-4-5-7-13(12)18(19)20/h4-7,9-10,15H,8H2,1-3H3. The summed E-state index contributed by atoms with van der Waals surface area (Å²) >= 11 is 0. The average molecular weight is 274 g/mol. The highest BCUT2D eigenvalue weighted by Gasteiger charge is 2.14. The van der Waals surface area contributed by atoms with Crippen LogP contribution in [0.3, 0.4) is 0 Å². The fraction of sp³-hybridized carbons (Fsp3) is 0.357. The van der Waals surface area contributed by atoms with Gasteiger partial charge in [-0.2, -0.15) is 5.10 Å². The number of hydrogen-bond acceptors (Lipinski definition) is 4. The summed E-state index contributed by atoms with van der Waals surface area (Å²) in [6, 6.07) is 6.65. The van der Waals surface area contributed by atoms with Gasteiger partial charge < -0.3 is 5.32 Å². The monoisotopic (exact) mass is 274 g/mol. The van der Waals surface area contributed by atoms with Crippen LogP contribution in [0.15, 0.2) is 30.5 Å². The molecule has 0 spiro atoms. The number of para-hydroxylation sites is 2. The number of nitrogens with zero attached hydrogens (tertiary/aromatic N) is 3. The number of rotatable bonds is 5. The lowest BCUT2D eigenvalue weighted by Gasteiger charge is -2.08. The molecule has 0 aliphatic carbocycles. The van der Waals surface area contributed by atoms with E-state index in [0.29, 0.717) is 18.2 Å². The van der Waals surface area contributed by atoms with Crippen molar-refractivity contribution in [1.29, 1.82) is 0 Å². The van der Waals surface area contributed by atoms with Crippen molar-refractivity contribution in [1.82, 2.24) is 9.78 Å². The first-order valence-corrected chi connectivity index (χ1v) is 6.48. The number of nitrogens with one attached hydrogen (secondary N) is 1. The summed E-state index contributed by atoms with van der Waals surface area (Å²) in [4.78, 5) is 10.6. The number of anilines is 1. The zero-order chi connectivity index (χ0) is 14.7. The van der Waals surface area contributed by atoms with Gasteiger partial charge in [0.15, 0.2) is 0 Å². The third-order valence-electron chi connectivity index (χ3n) is 3.05. The summed E-state index contributed by atoms with van der Waals surface area (Å²) < 4.78 is 1.77. The van der Waals surface area contributed by atoms with Crippen molar-refractivity contribution >= 4 is 11.4 Å². The SMILES string of the molecule is CC(C)c1nn(C)cc1CNc1ccccc1[N+](=O)[O-]. The molecule has 1 aromatic carbocycles. The molecular formula is C14H18N4O2. The largest absolute Gasteiger partial charge is 0.375 e. The predicted molar refractivity (Wildman–Crippen MR) is 77.7 cm³/mol. The van der Waals surface area contributed by atoms with E-state index in [9.17, 15) is 10.1 Å². The molecule has 2 rings (SSSR count). The molecule has 106 valence electrons. The van der Waals surface area contributed by atoms with E-state index < -0.39 is 0 Å². The van der Waals surface area contributed by atoms with Crippen LogP contribution in [-0.4, -0.2) is 14.7 Å². The molecule has 0 aliphatic rings. The summed E-state index contributed by atoms with van der Waals surface area (Å²) in [6.45, 7) is 4.68. The van der Waals surface area contributed by atoms with E-state index in [-0.39, 0.29) is 10.6 Å². The van der Waals surface area contributed by atoms with Crippen molar-refractivity contribution in [3.8, 4) is 0 Å². The first-order valence-electron chi connectivity index (χ1n) is 6.48. The number of aryl methyl sites for hydroxylation is 1. The van der Waals surface area contributed by atoms with Gasteiger partial charge in [0.05, 0.1) is 10.6 Å². The number of benzene rings is 1. The van der Waals surface area contributed by atoms with Crippen molar-refractivity contribution in [2.75, 3.05) is 5.32 Å². The lowest BCUT2D eigenvalue weighted by molar-refractivity contribution is -0.384. The van der Waals surface area contributed by atoms with Crippen LogP contribution in [0.4, 0.5) is 11.4 Å². The minimum absolute atomic E-state index is 0.0856. The minimum Gasteiger partial charge on any atom is -0.375 e. The molecule has 0 fully saturated rings. The molecule has 0 saturated carbocycles. The van der Waals surface area contributed by atoms with E-state index in [1.54, 1.807) is 22.9 Å². The van der Waals surface area contributed by atoms with E-state index in [2.05, 4.69) is 24.3 Å². The number of nitro benzene ring substituents is 1. The average Bonchev–Trinajstić information content (AvgIpc) is 2.78. The zero-order valence-electron chi connectivity index (χ0n) is 11.8. The molecule has 0 unspecified atom stereocenters. The van der Waals surface area contributed by atoms with Gasteiger partial charge >= 0.3 is 0 Å². The van der Waals surface area contributed by atoms with Crippen LogP contribution in [0.5, 0.6) is 0 Å². The van der Waals surface area contributed by atoms with Crippen molar-refractivity contribution < 1.29 is 4.92 Å². The van der Waals surface area contributed by atoms with Crippen molar-refractivity contribution in [2.24, 2.45) is 7.05 Å². The van der Waals surface area contributed by atoms with E-state index >= 15 is 0 Å². The number of hydrogen-bond donors (Lipinski definition) is 1. The molecule has 0 atom stereocenters. The van der Waals surface area contributed by atoms with Gasteiger partial charge in [-0.05, 0) is 12.0 Å². The fourth-order valence-corrected chi connectivity index (χ4v) is 2.15. The maximum absolute atomic E-state index is 11.0. The van der Waals surface area contributed by atoms with Crippen molar-refractivity contribution in [2.45, 2.75) is 26.3 Å². The van der Waals surface area contributed by atoms with Crippen molar-refractivity contribution in [3.63, 3.8) is 0 Å². The highest BCUT2D eigenvalue weighted by molar-refractivity contribution is 5.61. The maximum Gasteiger partial charge on any atom is 0.292 e. The smallest absolute Gasteiger partial charge is 0.292 e. The van der Waals surface area contributed by atoms with Crippen LogP contribution in [-0.2, 0) is 13.6 Å². The van der Waals surface area contributed by atoms with Gasteiger partial charge in [-0.3, -0.25) is 14.8 Å². The Labute approximate surface area is 117 Å².